The van der Waals surface area contributed by atoms with Crippen LogP contribution < -0.4 is 10.2 Å². The van der Waals surface area contributed by atoms with Crippen molar-refractivity contribution in [1.29, 1.82) is 0 Å². The van der Waals surface area contributed by atoms with E-state index >= 15 is 0 Å². The van der Waals surface area contributed by atoms with E-state index in [1.165, 1.54) is 11.3 Å². The fourth-order valence-corrected chi connectivity index (χ4v) is 2.07. The smallest absolute Gasteiger partial charge is 0.307 e. The zero-order valence-electron chi connectivity index (χ0n) is 9.72. The van der Waals surface area contributed by atoms with E-state index in [1.54, 1.807) is 16.1 Å². The predicted molar refractivity (Wildman–Crippen MR) is 70.7 cm³/mol. The predicted octanol–water partition coefficient (Wildman–Crippen LogP) is 2.17. The largest absolute Gasteiger partial charge is 0.370 e. The lowest BCUT2D eigenvalue weighted by atomic mass is 10.3. The summed E-state index contributed by atoms with van der Waals surface area (Å²) in [5, 5.41) is 5.01. The highest BCUT2D eigenvalue weighted by Gasteiger charge is 1.99. The van der Waals surface area contributed by atoms with Gasteiger partial charge in [0.2, 0.25) is 0 Å². The quantitative estimate of drug-likeness (QED) is 0.883. The van der Waals surface area contributed by atoms with Gasteiger partial charge in [-0.05, 0) is 18.1 Å². The topological polar surface area (TPSA) is 46.9 Å². The minimum atomic E-state index is 0.0678. The summed E-state index contributed by atoms with van der Waals surface area (Å²) in [6.07, 6.45) is 4.69. The Kier molecular flexibility index (Phi) is 3.93. The number of hydrogen-bond acceptors (Lipinski definition) is 4. The molecule has 0 amide bonds. The Balaban J connectivity index is 2.03. The van der Waals surface area contributed by atoms with Crippen LogP contribution in [-0.2, 0) is 6.54 Å². The molecule has 0 aliphatic rings. The first kappa shape index (κ1) is 11.9. The third-order valence-electron chi connectivity index (χ3n) is 2.38. The van der Waals surface area contributed by atoms with E-state index in [4.69, 9.17) is 0 Å². The number of nitrogens with one attached hydrogen (secondary N) is 1. The van der Waals surface area contributed by atoms with E-state index in [0.29, 0.717) is 6.54 Å². The maximum atomic E-state index is 11.4. The maximum Gasteiger partial charge on any atom is 0.307 e. The normalized spacial score (nSPS) is 10.4. The van der Waals surface area contributed by atoms with Gasteiger partial charge in [0.25, 0.3) is 0 Å². The van der Waals surface area contributed by atoms with E-state index in [-0.39, 0.29) is 4.87 Å². The molecule has 0 fully saturated rings. The first-order valence-corrected chi connectivity index (χ1v) is 6.50. The molecule has 0 saturated carbocycles. The van der Waals surface area contributed by atoms with Crippen LogP contribution in [0.5, 0.6) is 0 Å². The van der Waals surface area contributed by atoms with Crippen LogP contribution in [0.1, 0.15) is 18.9 Å². The second kappa shape index (κ2) is 5.63. The summed E-state index contributed by atoms with van der Waals surface area (Å²) in [6.45, 7) is 3.63. The fourth-order valence-electron chi connectivity index (χ4n) is 1.48. The van der Waals surface area contributed by atoms with Crippen LogP contribution in [0, 0.1) is 0 Å². The Morgan fingerprint density at radius 3 is 2.94 bits per heavy atom. The van der Waals surface area contributed by atoms with E-state index in [9.17, 15) is 4.79 Å². The SMILES string of the molecule is CCCNc1ccc(Cn2ccsc2=O)cn1. The number of hydrogen-bond donors (Lipinski definition) is 1. The lowest BCUT2D eigenvalue weighted by molar-refractivity contribution is 0.780. The van der Waals surface area contributed by atoms with Gasteiger partial charge in [-0.25, -0.2) is 4.98 Å². The van der Waals surface area contributed by atoms with Crippen molar-refractivity contribution in [1.82, 2.24) is 9.55 Å². The van der Waals surface area contributed by atoms with Crippen molar-refractivity contribution in [3.63, 3.8) is 0 Å². The van der Waals surface area contributed by atoms with Crippen molar-refractivity contribution >= 4 is 17.2 Å². The standard InChI is InChI=1S/C12H15N3OS/c1-2-5-13-11-4-3-10(8-14-11)9-15-6-7-17-12(15)16/h3-4,6-8H,2,5,9H2,1H3,(H,13,14). The first-order chi connectivity index (χ1) is 8.29. The van der Waals surface area contributed by atoms with E-state index < -0.39 is 0 Å². The molecule has 2 heterocycles. The number of nitrogens with zero attached hydrogens (tertiary/aromatic N) is 2. The average molecular weight is 249 g/mol. The molecule has 5 heteroatoms. The molecule has 0 unspecified atom stereocenters. The molecule has 0 saturated heterocycles. The second-order valence-corrected chi connectivity index (χ2v) is 4.63. The van der Waals surface area contributed by atoms with Gasteiger partial charge < -0.3 is 9.88 Å². The van der Waals surface area contributed by atoms with Gasteiger partial charge in [0.1, 0.15) is 5.82 Å². The Hall–Kier alpha value is -1.62. The van der Waals surface area contributed by atoms with Gasteiger partial charge in [0.15, 0.2) is 0 Å². The van der Waals surface area contributed by atoms with Gasteiger partial charge in [-0.1, -0.05) is 24.3 Å². The second-order valence-electron chi connectivity index (χ2n) is 3.78. The van der Waals surface area contributed by atoms with Crippen LogP contribution in [0.4, 0.5) is 5.82 Å². The Morgan fingerprint density at radius 1 is 1.47 bits per heavy atom. The molecule has 1 N–H and O–H groups in total. The average Bonchev–Trinajstić information content (AvgIpc) is 2.74. The summed E-state index contributed by atoms with van der Waals surface area (Å²) in [7, 11) is 0. The molecule has 0 spiro atoms. The number of aromatic nitrogens is 2. The third kappa shape index (κ3) is 3.17. The van der Waals surface area contributed by atoms with Gasteiger partial charge in [0, 0.05) is 24.3 Å². The maximum absolute atomic E-state index is 11.4. The molecule has 2 aromatic rings. The molecule has 2 aromatic heterocycles. The summed E-state index contributed by atoms with van der Waals surface area (Å²) in [6, 6.07) is 3.94. The van der Waals surface area contributed by atoms with Gasteiger partial charge in [0.05, 0.1) is 6.54 Å². The van der Waals surface area contributed by atoms with Crippen molar-refractivity contribution in [3.05, 3.63) is 45.1 Å². The molecule has 4 nitrogen and oxygen atoms in total. The Bertz CT molecular complexity index is 515. The van der Waals surface area contributed by atoms with Gasteiger partial charge in [-0.2, -0.15) is 0 Å². The van der Waals surface area contributed by atoms with Crippen molar-refractivity contribution in [2.45, 2.75) is 19.9 Å². The van der Waals surface area contributed by atoms with Crippen molar-refractivity contribution in [3.8, 4) is 0 Å². The number of anilines is 1. The molecular weight excluding hydrogens is 234 g/mol. The molecule has 90 valence electrons. The van der Waals surface area contributed by atoms with Gasteiger partial charge >= 0.3 is 4.87 Å². The van der Waals surface area contributed by atoms with Gasteiger partial charge in [-0.15, -0.1) is 0 Å². The highest BCUT2D eigenvalue weighted by Crippen LogP contribution is 2.06. The van der Waals surface area contributed by atoms with Crippen LogP contribution in [0.15, 0.2) is 34.7 Å². The highest BCUT2D eigenvalue weighted by molar-refractivity contribution is 7.07. The number of rotatable bonds is 5. The number of thiazole rings is 1. The monoisotopic (exact) mass is 249 g/mol. The molecule has 0 aliphatic heterocycles. The van der Waals surface area contributed by atoms with Crippen LogP contribution in [0.3, 0.4) is 0 Å². The zero-order valence-corrected chi connectivity index (χ0v) is 10.5. The van der Waals surface area contributed by atoms with Crippen LogP contribution in [0.25, 0.3) is 0 Å². The Morgan fingerprint density at radius 2 is 2.35 bits per heavy atom. The highest BCUT2D eigenvalue weighted by atomic mass is 32.1. The van der Waals surface area contributed by atoms with Crippen molar-refractivity contribution < 1.29 is 0 Å². The van der Waals surface area contributed by atoms with Gasteiger partial charge in [-0.3, -0.25) is 4.79 Å². The third-order valence-corrected chi connectivity index (χ3v) is 3.07. The van der Waals surface area contributed by atoms with Crippen LogP contribution >= 0.6 is 11.3 Å². The lowest BCUT2D eigenvalue weighted by Crippen LogP contribution is -2.12. The summed E-state index contributed by atoms with van der Waals surface area (Å²) in [4.78, 5) is 15.8. The van der Waals surface area contributed by atoms with Crippen LogP contribution in [0.2, 0.25) is 0 Å². The molecule has 17 heavy (non-hydrogen) atoms. The molecule has 0 radical (unpaired) electrons. The summed E-state index contributed by atoms with van der Waals surface area (Å²) >= 11 is 1.21. The molecule has 0 bridgehead atoms. The minimum Gasteiger partial charge on any atom is -0.370 e. The van der Waals surface area contributed by atoms with E-state index in [1.807, 2.05) is 18.3 Å². The molecule has 0 aromatic carbocycles. The van der Waals surface area contributed by atoms with E-state index in [0.717, 1.165) is 24.3 Å². The summed E-state index contributed by atoms with van der Waals surface area (Å²) in [5.41, 5.74) is 1.03. The minimum absolute atomic E-state index is 0.0678. The summed E-state index contributed by atoms with van der Waals surface area (Å²) < 4.78 is 1.68. The fraction of sp³-hybridized carbons (Fsp3) is 0.333. The van der Waals surface area contributed by atoms with Crippen molar-refractivity contribution in [2.75, 3.05) is 11.9 Å². The van der Waals surface area contributed by atoms with Crippen molar-refractivity contribution in [2.24, 2.45) is 0 Å². The molecule has 0 atom stereocenters. The zero-order chi connectivity index (χ0) is 12.1. The number of pyridine rings is 1. The summed E-state index contributed by atoms with van der Waals surface area (Å²) in [5.74, 6) is 0.883. The molecular formula is C12H15N3OS. The molecule has 2 rings (SSSR count). The lowest BCUT2D eigenvalue weighted by Gasteiger charge is -2.05. The van der Waals surface area contributed by atoms with Crippen LogP contribution in [-0.4, -0.2) is 16.1 Å². The Labute approximate surface area is 104 Å². The first-order valence-electron chi connectivity index (χ1n) is 5.62. The molecule has 0 aliphatic carbocycles. The van der Waals surface area contributed by atoms with E-state index in [2.05, 4.69) is 17.2 Å².